The third-order valence-electron chi connectivity index (χ3n) is 4.20. The molecule has 1 amide bonds. The van der Waals surface area contributed by atoms with Gasteiger partial charge >= 0.3 is 0 Å². The van der Waals surface area contributed by atoms with Gasteiger partial charge in [0.1, 0.15) is 15.7 Å². The highest BCUT2D eigenvalue weighted by atomic mass is 32.1. The molecule has 0 bridgehead atoms. The zero-order valence-corrected chi connectivity index (χ0v) is 17.2. The van der Waals surface area contributed by atoms with Crippen molar-refractivity contribution >= 4 is 33.7 Å². The second-order valence-electron chi connectivity index (χ2n) is 6.44. The second-order valence-corrected chi connectivity index (χ2v) is 8.59. The van der Waals surface area contributed by atoms with Crippen molar-refractivity contribution in [3.8, 4) is 0 Å². The number of benzene rings is 2. The van der Waals surface area contributed by atoms with Gasteiger partial charge in [-0.05, 0) is 30.2 Å². The fourth-order valence-electron chi connectivity index (χ4n) is 2.82. The Balaban J connectivity index is 1.42. The van der Waals surface area contributed by atoms with Crippen LogP contribution in [0.3, 0.4) is 0 Å². The fraction of sp³-hybridized carbons (Fsp3) is 0.143. The Bertz CT molecular complexity index is 1120. The van der Waals surface area contributed by atoms with E-state index in [4.69, 9.17) is 0 Å². The molecule has 8 heteroatoms. The summed E-state index contributed by atoms with van der Waals surface area (Å²) in [7, 11) is 0. The lowest BCUT2D eigenvalue weighted by molar-refractivity contribution is 0.102. The van der Waals surface area contributed by atoms with E-state index in [2.05, 4.69) is 20.5 Å². The average molecular weight is 425 g/mol. The predicted molar refractivity (Wildman–Crippen MR) is 113 cm³/mol. The van der Waals surface area contributed by atoms with Gasteiger partial charge in [0.25, 0.3) is 5.91 Å². The van der Waals surface area contributed by atoms with Crippen molar-refractivity contribution in [1.29, 1.82) is 0 Å². The van der Waals surface area contributed by atoms with E-state index >= 15 is 0 Å². The largest absolute Gasteiger partial charge is 0.296 e. The first-order chi connectivity index (χ1) is 14.1. The topological polar surface area (TPSA) is 67.8 Å². The molecule has 0 aliphatic carbocycles. The molecule has 1 N–H and O–H groups in total. The van der Waals surface area contributed by atoms with E-state index in [1.807, 2.05) is 30.3 Å². The molecule has 29 heavy (non-hydrogen) atoms. The zero-order chi connectivity index (χ0) is 20.2. The highest BCUT2D eigenvalue weighted by molar-refractivity contribution is 7.16. The van der Waals surface area contributed by atoms with Gasteiger partial charge in [0, 0.05) is 12.8 Å². The van der Waals surface area contributed by atoms with Crippen LogP contribution in [0.2, 0.25) is 0 Å². The maximum atomic E-state index is 13.1. The molecule has 4 aromatic rings. The fourth-order valence-corrected chi connectivity index (χ4v) is 4.58. The molecular weight excluding hydrogens is 407 g/mol. The number of thiazole rings is 1. The molecule has 4 rings (SSSR count). The lowest BCUT2D eigenvalue weighted by Gasteiger charge is -1.98. The van der Waals surface area contributed by atoms with E-state index in [1.54, 1.807) is 19.1 Å². The maximum Gasteiger partial charge on any atom is 0.269 e. The van der Waals surface area contributed by atoms with Gasteiger partial charge in [-0.25, -0.2) is 9.37 Å². The number of nitrogens with zero attached hydrogens (tertiary/aromatic N) is 3. The Morgan fingerprint density at radius 2 is 1.62 bits per heavy atom. The number of rotatable bonds is 6. The van der Waals surface area contributed by atoms with Crippen LogP contribution >= 0.6 is 22.7 Å². The third kappa shape index (κ3) is 4.90. The lowest BCUT2D eigenvalue weighted by atomic mass is 10.1. The molecule has 0 fully saturated rings. The van der Waals surface area contributed by atoms with Crippen LogP contribution in [0.25, 0.3) is 0 Å². The van der Waals surface area contributed by atoms with E-state index in [9.17, 15) is 9.18 Å². The first kappa shape index (κ1) is 19.4. The maximum absolute atomic E-state index is 13.1. The van der Waals surface area contributed by atoms with Crippen LogP contribution in [0.4, 0.5) is 9.52 Å². The van der Waals surface area contributed by atoms with Crippen LogP contribution in [-0.4, -0.2) is 21.1 Å². The Hall–Kier alpha value is -2.97. The number of hydrogen-bond donors (Lipinski definition) is 1. The highest BCUT2D eigenvalue weighted by Gasteiger charge is 2.17. The van der Waals surface area contributed by atoms with Crippen molar-refractivity contribution in [3.63, 3.8) is 0 Å². The number of hydrogen-bond acceptors (Lipinski definition) is 6. The van der Waals surface area contributed by atoms with Crippen LogP contribution in [0, 0.1) is 12.7 Å². The quantitative estimate of drug-likeness (QED) is 0.479. The molecule has 2 heterocycles. The van der Waals surface area contributed by atoms with Crippen molar-refractivity contribution < 1.29 is 9.18 Å². The molecule has 2 aromatic heterocycles. The summed E-state index contributed by atoms with van der Waals surface area (Å²) in [5, 5.41) is 13.2. The van der Waals surface area contributed by atoms with Crippen LogP contribution in [-0.2, 0) is 12.8 Å². The number of carbonyl (C=O) groups excluding carboxylic acids is 1. The van der Waals surface area contributed by atoms with E-state index < -0.39 is 0 Å². The minimum atomic E-state index is -0.271. The van der Waals surface area contributed by atoms with Gasteiger partial charge in [-0.2, -0.15) is 0 Å². The van der Waals surface area contributed by atoms with E-state index in [-0.39, 0.29) is 11.7 Å². The van der Waals surface area contributed by atoms with Crippen molar-refractivity contribution in [2.75, 3.05) is 5.32 Å². The van der Waals surface area contributed by atoms with Gasteiger partial charge < -0.3 is 0 Å². The second kappa shape index (κ2) is 8.59. The van der Waals surface area contributed by atoms with Crippen molar-refractivity contribution in [1.82, 2.24) is 15.2 Å². The van der Waals surface area contributed by atoms with Gasteiger partial charge in [-0.3, -0.25) is 10.1 Å². The normalized spacial score (nSPS) is 10.8. The number of carbonyl (C=O) groups is 1. The van der Waals surface area contributed by atoms with E-state index in [1.165, 1.54) is 34.8 Å². The number of halogens is 1. The van der Waals surface area contributed by atoms with E-state index in [0.717, 1.165) is 21.1 Å². The van der Waals surface area contributed by atoms with Crippen LogP contribution in [0.15, 0.2) is 54.6 Å². The number of aromatic nitrogens is 3. The number of amides is 1. The summed E-state index contributed by atoms with van der Waals surface area (Å²) in [5.41, 5.74) is 2.76. The van der Waals surface area contributed by atoms with Crippen molar-refractivity contribution in [2.24, 2.45) is 0 Å². The molecule has 0 unspecified atom stereocenters. The summed E-state index contributed by atoms with van der Waals surface area (Å²) >= 11 is 2.70. The Kier molecular flexibility index (Phi) is 5.73. The minimum absolute atomic E-state index is 0.243. The number of aryl methyl sites for hydroxylation is 1. The van der Waals surface area contributed by atoms with Crippen molar-refractivity contribution in [3.05, 3.63) is 92.1 Å². The summed E-state index contributed by atoms with van der Waals surface area (Å²) in [5.74, 6) is -0.513. The summed E-state index contributed by atoms with van der Waals surface area (Å²) in [6.45, 7) is 1.81. The summed E-state index contributed by atoms with van der Waals surface area (Å²) in [6, 6.07) is 16.3. The summed E-state index contributed by atoms with van der Waals surface area (Å²) < 4.78 is 13.1. The molecule has 0 saturated heterocycles. The van der Waals surface area contributed by atoms with Gasteiger partial charge in [-0.1, -0.05) is 53.8 Å². The number of nitrogens with one attached hydrogen (secondary N) is 1. The smallest absolute Gasteiger partial charge is 0.269 e. The van der Waals surface area contributed by atoms with Crippen LogP contribution < -0.4 is 5.32 Å². The van der Waals surface area contributed by atoms with Crippen LogP contribution in [0.1, 0.15) is 36.5 Å². The Morgan fingerprint density at radius 3 is 2.38 bits per heavy atom. The minimum Gasteiger partial charge on any atom is -0.296 e. The Labute approximate surface area is 175 Å². The molecule has 0 radical (unpaired) electrons. The molecule has 0 saturated carbocycles. The van der Waals surface area contributed by atoms with Crippen LogP contribution in [0.5, 0.6) is 0 Å². The molecule has 0 aliphatic heterocycles. The standard InChI is InChI=1S/C21H17FN4OS2/c1-13-19(28-17(23-13)11-15-7-9-16(22)10-8-15)20(27)24-21-26-25-18(29-21)12-14-5-3-2-4-6-14/h2-10H,11-12H2,1H3,(H,24,26,27). The van der Waals surface area contributed by atoms with Gasteiger partial charge in [-0.15, -0.1) is 21.5 Å². The first-order valence-corrected chi connectivity index (χ1v) is 10.6. The molecule has 0 atom stereocenters. The van der Waals surface area contributed by atoms with Gasteiger partial charge in [0.2, 0.25) is 5.13 Å². The monoisotopic (exact) mass is 424 g/mol. The average Bonchev–Trinajstić information content (AvgIpc) is 3.30. The SMILES string of the molecule is Cc1nc(Cc2ccc(F)cc2)sc1C(=O)Nc1nnc(Cc2ccccc2)s1. The molecular formula is C21H17FN4OS2. The summed E-state index contributed by atoms with van der Waals surface area (Å²) in [6.07, 6.45) is 1.23. The first-order valence-electron chi connectivity index (χ1n) is 8.95. The lowest BCUT2D eigenvalue weighted by Crippen LogP contribution is -2.11. The van der Waals surface area contributed by atoms with Gasteiger partial charge in [0.15, 0.2) is 0 Å². The predicted octanol–water partition coefficient (Wildman–Crippen LogP) is 4.88. The molecule has 0 aliphatic rings. The summed E-state index contributed by atoms with van der Waals surface area (Å²) in [4.78, 5) is 17.7. The molecule has 2 aromatic carbocycles. The molecule has 146 valence electrons. The van der Waals surface area contributed by atoms with Crippen molar-refractivity contribution in [2.45, 2.75) is 19.8 Å². The molecule has 0 spiro atoms. The number of anilines is 1. The zero-order valence-electron chi connectivity index (χ0n) is 15.6. The Morgan fingerprint density at radius 1 is 0.931 bits per heavy atom. The molecule has 5 nitrogen and oxygen atoms in total. The third-order valence-corrected chi connectivity index (χ3v) is 6.20. The van der Waals surface area contributed by atoms with E-state index in [0.29, 0.717) is 28.5 Å². The highest BCUT2D eigenvalue weighted by Crippen LogP contribution is 2.24. The van der Waals surface area contributed by atoms with Gasteiger partial charge in [0.05, 0.1) is 10.7 Å².